The van der Waals surface area contributed by atoms with Crippen molar-refractivity contribution in [2.45, 2.75) is 0 Å². The Hall–Kier alpha value is -3.41. The first-order valence-electron chi connectivity index (χ1n) is 7.86. The fourth-order valence-electron chi connectivity index (χ4n) is 2.23. The van der Waals surface area contributed by atoms with Crippen LogP contribution in [-0.2, 0) is 0 Å². The molecule has 3 aromatic rings. The molecule has 0 saturated heterocycles. The van der Waals surface area contributed by atoms with Gasteiger partial charge in [0.05, 0.1) is 0 Å². The zero-order valence-electron chi connectivity index (χ0n) is 14.1. The van der Waals surface area contributed by atoms with Crippen molar-refractivity contribution < 1.29 is 4.79 Å². The van der Waals surface area contributed by atoms with Crippen molar-refractivity contribution >= 4 is 28.8 Å². The smallest absolute Gasteiger partial charge is 0.276 e. The van der Waals surface area contributed by atoms with Gasteiger partial charge in [-0.05, 0) is 48.5 Å². The molecule has 0 unspecified atom stereocenters. The molecule has 1 aromatic heterocycles. The third-order valence-corrected chi connectivity index (χ3v) is 3.58. The summed E-state index contributed by atoms with van der Waals surface area (Å²) in [6, 6.07) is 20.6. The van der Waals surface area contributed by atoms with Gasteiger partial charge in [-0.3, -0.25) is 4.79 Å². The van der Waals surface area contributed by atoms with E-state index in [4.69, 9.17) is 0 Å². The van der Waals surface area contributed by atoms with Gasteiger partial charge in [-0.25, -0.2) is 0 Å². The number of benzene rings is 2. The van der Waals surface area contributed by atoms with Crippen molar-refractivity contribution in [2.75, 3.05) is 29.6 Å². The van der Waals surface area contributed by atoms with Gasteiger partial charge in [0, 0.05) is 31.2 Å². The first-order valence-corrected chi connectivity index (χ1v) is 7.86. The lowest BCUT2D eigenvalue weighted by Crippen LogP contribution is -2.15. The number of carbonyl (C=O) groups is 1. The third-order valence-electron chi connectivity index (χ3n) is 3.58. The van der Waals surface area contributed by atoms with Crippen LogP contribution in [0.3, 0.4) is 0 Å². The number of carbonyl (C=O) groups excluding carboxylic acids is 1. The topological polar surface area (TPSA) is 70.2 Å². The molecule has 25 heavy (non-hydrogen) atoms. The predicted octanol–water partition coefficient (Wildman–Crippen LogP) is 3.54. The molecule has 1 heterocycles. The fraction of sp³-hybridized carbons (Fsp3) is 0.105. The zero-order chi connectivity index (χ0) is 17.6. The molecule has 2 N–H and O–H groups in total. The number of nitrogens with one attached hydrogen (secondary N) is 2. The Morgan fingerprint density at radius 1 is 0.840 bits per heavy atom. The molecule has 1 amide bonds. The van der Waals surface area contributed by atoms with Gasteiger partial charge in [0.25, 0.3) is 5.91 Å². The number of hydrogen-bond acceptors (Lipinski definition) is 5. The van der Waals surface area contributed by atoms with Gasteiger partial charge >= 0.3 is 0 Å². The number of anilines is 4. The van der Waals surface area contributed by atoms with E-state index in [-0.39, 0.29) is 11.6 Å². The molecule has 2 aromatic carbocycles. The van der Waals surface area contributed by atoms with E-state index in [1.54, 1.807) is 12.1 Å². The molecule has 3 rings (SSSR count). The van der Waals surface area contributed by atoms with Crippen LogP contribution in [0, 0.1) is 0 Å². The molecule has 0 aliphatic heterocycles. The maximum Gasteiger partial charge on any atom is 0.276 e. The molecular formula is C19H19N5O. The molecule has 0 fully saturated rings. The minimum Gasteiger partial charge on any atom is -0.378 e. The second-order valence-electron chi connectivity index (χ2n) is 5.69. The molecule has 6 nitrogen and oxygen atoms in total. The second kappa shape index (κ2) is 7.44. The molecular weight excluding hydrogens is 314 g/mol. The highest BCUT2D eigenvalue weighted by atomic mass is 16.1. The van der Waals surface area contributed by atoms with Gasteiger partial charge < -0.3 is 15.5 Å². The van der Waals surface area contributed by atoms with E-state index in [9.17, 15) is 4.79 Å². The number of aromatic nitrogens is 2. The molecule has 126 valence electrons. The van der Waals surface area contributed by atoms with E-state index < -0.39 is 0 Å². The first-order chi connectivity index (χ1) is 12.1. The monoisotopic (exact) mass is 333 g/mol. The largest absolute Gasteiger partial charge is 0.378 e. The van der Waals surface area contributed by atoms with E-state index >= 15 is 0 Å². The van der Waals surface area contributed by atoms with Gasteiger partial charge in [-0.1, -0.05) is 18.2 Å². The highest BCUT2D eigenvalue weighted by Crippen LogP contribution is 2.17. The van der Waals surface area contributed by atoms with E-state index in [2.05, 4.69) is 20.8 Å². The Kier molecular flexibility index (Phi) is 4.89. The number of rotatable bonds is 5. The Balaban J connectivity index is 1.64. The van der Waals surface area contributed by atoms with Crippen molar-refractivity contribution in [3.63, 3.8) is 0 Å². The summed E-state index contributed by atoms with van der Waals surface area (Å²) in [6.07, 6.45) is 0. The number of para-hydroxylation sites is 1. The average molecular weight is 333 g/mol. The maximum atomic E-state index is 12.3. The highest BCUT2D eigenvalue weighted by Gasteiger charge is 2.09. The second-order valence-corrected chi connectivity index (χ2v) is 5.69. The average Bonchev–Trinajstić information content (AvgIpc) is 2.63. The lowest BCUT2D eigenvalue weighted by atomic mass is 10.2. The fourth-order valence-corrected chi connectivity index (χ4v) is 2.23. The molecule has 0 aliphatic rings. The van der Waals surface area contributed by atoms with Crippen LogP contribution < -0.4 is 15.5 Å². The minimum absolute atomic E-state index is 0.260. The molecule has 0 atom stereocenters. The molecule has 0 radical (unpaired) electrons. The standard InChI is InChI=1S/C19H19N5O/c1-24(2)16-10-8-15(9-11-16)21-19(25)17-12-13-18(23-22-17)20-14-6-4-3-5-7-14/h3-13H,1-2H3,(H,20,23)(H,21,25). The Morgan fingerprint density at radius 3 is 2.16 bits per heavy atom. The van der Waals surface area contributed by atoms with Crippen molar-refractivity contribution in [2.24, 2.45) is 0 Å². The van der Waals surface area contributed by atoms with E-state index in [1.807, 2.05) is 73.6 Å². The SMILES string of the molecule is CN(C)c1ccc(NC(=O)c2ccc(Nc3ccccc3)nn2)cc1. The van der Waals surface area contributed by atoms with Crippen LogP contribution in [-0.4, -0.2) is 30.2 Å². The summed E-state index contributed by atoms with van der Waals surface area (Å²) in [5.41, 5.74) is 2.95. The molecule has 0 bridgehead atoms. The van der Waals surface area contributed by atoms with Crippen molar-refractivity contribution in [3.05, 3.63) is 72.4 Å². The number of nitrogens with zero attached hydrogens (tertiary/aromatic N) is 3. The van der Waals surface area contributed by atoms with Crippen LogP contribution in [0.5, 0.6) is 0 Å². The minimum atomic E-state index is -0.295. The summed E-state index contributed by atoms with van der Waals surface area (Å²) in [7, 11) is 3.93. The van der Waals surface area contributed by atoms with E-state index in [0.717, 1.165) is 11.4 Å². The van der Waals surface area contributed by atoms with Crippen LogP contribution in [0.2, 0.25) is 0 Å². The van der Waals surface area contributed by atoms with E-state index in [0.29, 0.717) is 11.5 Å². The summed E-state index contributed by atoms with van der Waals surface area (Å²) >= 11 is 0. The summed E-state index contributed by atoms with van der Waals surface area (Å²) in [5, 5.41) is 14.0. The van der Waals surface area contributed by atoms with Crippen LogP contribution >= 0.6 is 0 Å². The molecule has 6 heteroatoms. The lowest BCUT2D eigenvalue weighted by Gasteiger charge is -2.13. The third kappa shape index (κ3) is 4.32. The van der Waals surface area contributed by atoms with Crippen LogP contribution in [0.4, 0.5) is 22.9 Å². The molecule has 0 saturated carbocycles. The summed E-state index contributed by atoms with van der Waals surface area (Å²) in [4.78, 5) is 14.3. The van der Waals surface area contributed by atoms with Gasteiger partial charge in [-0.15, -0.1) is 10.2 Å². The quantitative estimate of drug-likeness (QED) is 0.747. The molecule has 0 aliphatic carbocycles. The van der Waals surface area contributed by atoms with Crippen molar-refractivity contribution in [1.29, 1.82) is 0 Å². The van der Waals surface area contributed by atoms with Gasteiger partial charge in [0.2, 0.25) is 0 Å². The Bertz CT molecular complexity index is 830. The van der Waals surface area contributed by atoms with Crippen LogP contribution in [0.1, 0.15) is 10.5 Å². The molecule has 0 spiro atoms. The summed E-state index contributed by atoms with van der Waals surface area (Å²) in [6.45, 7) is 0. The number of hydrogen-bond donors (Lipinski definition) is 2. The van der Waals surface area contributed by atoms with Crippen LogP contribution in [0.15, 0.2) is 66.7 Å². The summed E-state index contributed by atoms with van der Waals surface area (Å²) in [5.74, 6) is 0.287. The van der Waals surface area contributed by atoms with Crippen LogP contribution in [0.25, 0.3) is 0 Å². The highest BCUT2D eigenvalue weighted by molar-refractivity contribution is 6.02. The summed E-state index contributed by atoms with van der Waals surface area (Å²) < 4.78 is 0. The van der Waals surface area contributed by atoms with Crippen molar-refractivity contribution in [1.82, 2.24) is 10.2 Å². The lowest BCUT2D eigenvalue weighted by molar-refractivity contribution is 0.102. The predicted molar refractivity (Wildman–Crippen MR) is 100 cm³/mol. The number of amides is 1. The Labute approximate surface area is 146 Å². The zero-order valence-corrected chi connectivity index (χ0v) is 14.1. The van der Waals surface area contributed by atoms with E-state index in [1.165, 1.54) is 0 Å². The Morgan fingerprint density at radius 2 is 1.56 bits per heavy atom. The normalized spacial score (nSPS) is 10.2. The maximum absolute atomic E-state index is 12.3. The van der Waals surface area contributed by atoms with Gasteiger partial charge in [-0.2, -0.15) is 0 Å². The first kappa shape index (κ1) is 16.4. The van der Waals surface area contributed by atoms with Crippen molar-refractivity contribution in [3.8, 4) is 0 Å². The van der Waals surface area contributed by atoms with Gasteiger partial charge in [0.15, 0.2) is 11.5 Å². The van der Waals surface area contributed by atoms with Gasteiger partial charge in [0.1, 0.15) is 0 Å².